The monoisotopic (exact) mass is 299 g/mol. The first kappa shape index (κ1) is 14.5. The van der Waals surface area contributed by atoms with Crippen LogP contribution in [0.4, 0.5) is 10.7 Å². The molecule has 0 aliphatic heterocycles. The minimum atomic E-state index is -0.0242. The third-order valence-electron chi connectivity index (χ3n) is 3.04. The Hall–Kier alpha value is -0.880. The van der Waals surface area contributed by atoms with E-state index in [1.165, 1.54) is 11.3 Å². The van der Waals surface area contributed by atoms with Crippen LogP contribution in [0.25, 0.3) is 0 Å². The van der Waals surface area contributed by atoms with Crippen molar-refractivity contribution in [2.45, 2.75) is 43.5 Å². The van der Waals surface area contributed by atoms with Gasteiger partial charge in [-0.2, -0.15) is 0 Å². The Morgan fingerprint density at radius 1 is 1.53 bits per heavy atom. The van der Waals surface area contributed by atoms with E-state index in [1.807, 2.05) is 6.26 Å². The number of amides is 1. The molecule has 0 radical (unpaired) electrons. The summed E-state index contributed by atoms with van der Waals surface area (Å²) < 4.78 is 0. The first-order chi connectivity index (χ1) is 9.17. The number of nitrogen functional groups attached to an aromatic ring is 1. The van der Waals surface area contributed by atoms with E-state index in [-0.39, 0.29) is 5.91 Å². The van der Waals surface area contributed by atoms with Crippen LogP contribution in [-0.2, 0) is 0 Å². The van der Waals surface area contributed by atoms with Crippen LogP contribution in [0.1, 0.15) is 42.3 Å². The molecule has 1 aliphatic rings. The van der Waals surface area contributed by atoms with E-state index in [0.29, 0.717) is 16.6 Å². The Morgan fingerprint density at radius 3 is 2.84 bits per heavy atom. The van der Waals surface area contributed by atoms with Gasteiger partial charge in [-0.15, -0.1) is 23.1 Å². The maximum absolute atomic E-state index is 12.1. The third-order valence-corrected chi connectivity index (χ3v) is 5.16. The number of carbonyl (C=O) groups excluding carboxylic acids is 1. The minimum absolute atomic E-state index is 0.0242. The molecule has 1 amide bonds. The highest BCUT2D eigenvalue weighted by molar-refractivity contribution is 7.99. The number of nitrogens with one attached hydrogen (secondary N) is 2. The summed E-state index contributed by atoms with van der Waals surface area (Å²) in [6.07, 6.45) is 6.45. The zero-order valence-electron chi connectivity index (χ0n) is 11.4. The van der Waals surface area contributed by atoms with Gasteiger partial charge in [0.2, 0.25) is 0 Å². The highest BCUT2D eigenvalue weighted by Gasteiger charge is 2.27. The summed E-state index contributed by atoms with van der Waals surface area (Å²) in [5, 5.41) is 7.41. The van der Waals surface area contributed by atoms with Crippen LogP contribution >= 0.6 is 23.1 Å². The van der Waals surface area contributed by atoms with Gasteiger partial charge < -0.3 is 16.4 Å². The molecular weight excluding hydrogens is 278 g/mol. The highest BCUT2D eigenvalue weighted by atomic mass is 32.2. The van der Waals surface area contributed by atoms with Gasteiger partial charge in [-0.25, -0.2) is 0 Å². The molecular formula is C13H21N3OS2. The molecule has 1 saturated carbocycles. The zero-order chi connectivity index (χ0) is 13.8. The van der Waals surface area contributed by atoms with Gasteiger partial charge >= 0.3 is 0 Å². The van der Waals surface area contributed by atoms with Crippen molar-refractivity contribution in [3.05, 3.63) is 4.88 Å². The molecule has 6 heteroatoms. The number of hydrogen-bond donors (Lipinski definition) is 3. The van der Waals surface area contributed by atoms with Gasteiger partial charge in [0.25, 0.3) is 5.91 Å². The van der Waals surface area contributed by atoms with Gasteiger partial charge in [0, 0.05) is 12.6 Å². The number of anilines is 2. The molecule has 4 nitrogen and oxygen atoms in total. The molecule has 4 N–H and O–H groups in total. The third kappa shape index (κ3) is 3.57. The average molecular weight is 299 g/mol. The molecule has 0 atom stereocenters. The maximum atomic E-state index is 12.1. The smallest absolute Gasteiger partial charge is 0.263 e. The lowest BCUT2D eigenvalue weighted by Crippen LogP contribution is -2.25. The Balaban J connectivity index is 2.11. The van der Waals surface area contributed by atoms with Crippen LogP contribution in [0.3, 0.4) is 0 Å². The number of nitrogens with two attached hydrogens (primary N) is 1. The summed E-state index contributed by atoms with van der Waals surface area (Å²) in [4.78, 5) is 13.8. The molecule has 0 unspecified atom stereocenters. The molecule has 1 aromatic heterocycles. The minimum Gasteiger partial charge on any atom is -0.396 e. The lowest BCUT2D eigenvalue weighted by molar-refractivity contribution is 0.0956. The van der Waals surface area contributed by atoms with Crippen LogP contribution in [0, 0.1) is 0 Å². The summed E-state index contributed by atoms with van der Waals surface area (Å²) in [6.45, 7) is 3.09. The average Bonchev–Trinajstić information content (AvgIpc) is 3.13. The van der Waals surface area contributed by atoms with Crippen molar-refractivity contribution in [2.24, 2.45) is 0 Å². The number of carbonyl (C=O) groups is 1. The Morgan fingerprint density at radius 2 is 2.26 bits per heavy atom. The van der Waals surface area contributed by atoms with Crippen molar-refractivity contribution >= 4 is 39.7 Å². The molecule has 1 aliphatic carbocycles. The Labute approximate surface area is 122 Å². The Bertz CT molecular complexity index is 455. The van der Waals surface area contributed by atoms with Crippen molar-refractivity contribution in [3.63, 3.8) is 0 Å². The van der Waals surface area contributed by atoms with Crippen LogP contribution in [0.5, 0.6) is 0 Å². The van der Waals surface area contributed by atoms with Crippen molar-refractivity contribution in [3.8, 4) is 0 Å². The van der Waals surface area contributed by atoms with E-state index in [2.05, 4.69) is 17.6 Å². The quantitative estimate of drug-likeness (QED) is 0.534. The van der Waals surface area contributed by atoms with Gasteiger partial charge in [-0.1, -0.05) is 13.3 Å². The predicted octanol–water partition coefficient (Wildman–Crippen LogP) is 3.16. The first-order valence-corrected chi connectivity index (χ1v) is 8.72. The lowest BCUT2D eigenvalue weighted by atomic mass is 10.3. The molecule has 1 heterocycles. The first-order valence-electron chi connectivity index (χ1n) is 6.68. The van der Waals surface area contributed by atoms with Crippen LogP contribution < -0.4 is 16.4 Å². The second kappa shape index (κ2) is 6.52. The topological polar surface area (TPSA) is 67.2 Å². The van der Waals surface area contributed by atoms with Gasteiger partial charge in [0.15, 0.2) is 0 Å². The molecule has 106 valence electrons. The fourth-order valence-electron chi connectivity index (χ4n) is 1.77. The molecule has 0 spiro atoms. The van der Waals surface area contributed by atoms with E-state index < -0.39 is 0 Å². The number of thiophene rings is 1. The van der Waals surface area contributed by atoms with Crippen LogP contribution in [-0.4, -0.2) is 24.7 Å². The normalized spacial score (nSPS) is 14.4. The molecule has 0 bridgehead atoms. The van der Waals surface area contributed by atoms with Crippen LogP contribution in [0.2, 0.25) is 0 Å². The largest absolute Gasteiger partial charge is 0.396 e. The zero-order valence-corrected chi connectivity index (χ0v) is 13.0. The lowest BCUT2D eigenvalue weighted by Gasteiger charge is -2.04. The summed E-state index contributed by atoms with van der Waals surface area (Å²) in [5.41, 5.74) is 6.72. The van der Waals surface area contributed by atoms with E-state index >= 15 is 0 Å². The standard InChI is InChI=1S/C13H21N3OS2/c1-3-4-7-15-13-11(18-2)9(14)10(19-13)12(17)16-8-5-6-8/h8,15H,3-7,14H2,1-2H3,(H,16,17). The molecule has 2 rings (SSSR count). The van der Waals surface area contributed by atoms with E-state index in [1.54, 1.807) is 11.8 Å². The fraction of sp³-hybridized carbons (Fsp3) is 0.615. The van der Waals surface area contributed by atoms with Gasteiger partial charge in [0.05, 0.1) is 10.6 Å². The van der Waals surface area contributed by atoms with Crippen molar-refractivity contribution < 1.29 is 4.79 Å². The van der Waals surface area contributed by atoms with Crippen LogP contribution in [0.15, 0.2) is 4.90 Å². The van der Waals surface area contributed by atoms with Gasteiger partial charge in [0.1, 0.15) is 9.88 Å². The van der Waals surface area contributed by atoms with E-state index in [0.717, 1.165) is 42.1 Å². The number of rotatable bonds is 7. The molecule has 19 heavy (non-hydrogen) atoms. The summed E-state index contributed by atoms with van der Waals surface area (Å²) in [7, 11) is 0. The molecule has 0 saturated heterocycles. The second-order valence-corrected chi connectivity index (χ2v) is 6.57. The van der Waals surface area contributed by atoms with Gasteiger partial charge in [-0.3, -0.25) is 4.79 Å². The Kier molecular flexibility index (Phi) is 4.99. The van der Waals surface area contributed by atoms with E-state index in [9.17, 15) is 4.79 Å². The fourth-order valence-corrected chi connectivity index (χ4v) is 3.74. The highest BCUT2D eigenvalue weighted by Crippen LogP contribution is 2.41. The van der Waals surface area contributed by atoms with Crippen molar-refractivity contribution in [1.82, 2.24) is 5.32 Å². The summed E-state index contributed by atoms with van der Waals surface area (Å²) in [5.74, 6) is -0.0242. The summed E-state index contributed by atoms with van der Waals surface area (Å²) >= 11 is 3.07. The predicted molar refractivity (Wildman–Crippen MR) is 84.4 cm³/mol. The van der Waals surface area contributed by atoms with Crippen molar-refractivity contribution in [1.29, 1.82) is 0 Å². The maximum Gasteiger partial charge on any atom is 0.263 e. The number of thioether (sulfide) groups is 1. The molecule has 0 aromatic carbocycles. The molecule has 1 fully saturated rings. The molecule has 1 aromatic rings. The SMILES string of the molecule is CCCCNc1sc(C(=O)NC2CC2)c(N)c1SC. The van der Waals surface area contributed by atoms with Gasteiger partial charge in [-0.05, 0) is 25.5 Å². The number of hydrogen-bond acceptors (Lipinski definition) is 5. The van der Waals surface area contributed by atoms with Crippen molar-refractivity contribution in [2.75, 3.05) is 23.9 Å². The second-order valence-electron chi connectivity index (χ2n) is 4.74. The van der Waals surface area contributed by atoms with E-state index in [4.69, 9.17) is 5.73 Å². The number of unbranched alkanes of at least 4 members (excludes halogenated alkanes) is 1. The summed E-state index contributed by atoms with van der Waals surface area (Å²) in [6, 6.07) is 0.364.